The molecule has 1 heterocycles. The lowest BCUT2D eigenvalue weighted by atomic mass is 10.2. The Morgan fingerprint density at radius 3 is 2.68 bits per heavy atom. The van der Waals surface area contributed by atoms with Gasteiger partial charge in [0.2, 0.25) is 0 Å². The summed E-state index contributed by atoms with van der Waals surface area (Å²) in [4.78, 5) is 18.5. The number of carbonyl (C=O) groups excluding carboxylic acids is 1. The van der Waals surface area contributed by atoms with Gasteiger partial charge in [0.15, 0.2) is 5.96 Å². The number of nitrogens with one attached hydrogen (secondary N) is 2. The van der Waals surface area contributed by atoms with E-state index in [4.69, 9.17) is 9.47 Å². The lowest BCUT2D eigenvalue weighted by Crippen LogP contribution is -2.50. The number of rotatable bonds is 7. The van der Waals surface area contributed by atoms with Crippen LogP contribution in [-0.4, -0.2) is 74.4 Å². The van der Waals surface area contributed by atoms with E-state index in [1.54, 1.807) is 0 Å². The van der Waals surface area contributed by atoms with Gasteiger partial charge in [-0.3, -0.25) is 9.69 Å². The Morgan fingerprint density at radius 1 is 1.36 bits per heavy atom. The van der Waals surface area contributed by atoms with Gasteiger partial charge in [-0.25, -0.2) is 4.99 Å². The maximum absolute atomic E-state index is 11.8. The molecule has 0 amide bonds. The molecule has 25 heavy (non-hydrogen) atoms. The highest BCUT2D eigenvalue weighted by Gasteiger charge is 2.21. The Balaban J connectivity index is 2.46. The van der Waals surface area contributed by atoms with E-state index in [0.717, 1.165) is 32.8 Å². The fourth-order valence-electron chi connectivity index (χ4n) is 2.66. The minimum absolute atomic E-state index is 0.00238. The van der Waals surface area contributed by atoms with Crippen molar-refractivity contribution in [3.8, 4) is 0 Å². The number of nitrogens with zero attached hydrogens (tertiary/aromatic N) is 2. The molecule has 1 saturated heterocycles. The van der Waals surface area contributed by atoms with E-state index in [-0.39, 0.29) is 18.6 Å². The summed E-state index contributed by atoms with van der Waals surface area (Å²) in [7, 11) is 0. The second kappa shape index (κ2) is 10.6. The van der Waals surface area contributed by atoms with Crippen molar-refractivity contribution in [2.75, 3.05) is 45.9 Å². The molecular formula is C18H36N4O3. The summed E-state index contributed by atoms with van der Waals surface area (Å²) < 4.78 is 11.1. The predicted octanol–water partition coefficient (Wildman–Crippen LogP) is 1.24. The van der Waals surface area contributed by atoms with Crippen LogP contribution >= 0.6 is 0 Å². The topological polar surface area (TPSA) is 75.2 Å². The van der Waals surface area contributed by atoms with Crippen LogP contribution in [0.2, 0.25) is 0 Å². The van der Waals surface area contributed by atoms with Crippen molar-refractivity contribution < 1.29 is 14.3 Å². The van der Waals surface area contributed by atoms with Gasteiger partial charge >= 0.3 is 5.97 Å². The monoisotopic (exact) mass is 356 g/mol. The van der Waals surface area contributed by atoms with E-state index < -0.39 is 5.60 Å². The van der Waals surface area contributed by atoms with Gasteiger partial charge in [0, 0.05) is 32.7 Å². The van der Waals surface area contributed by atoms with Crippen LogP contribution in [0, 0.1) is 5.92 Å². The third-order valence-electron chi connectivity index (χ3n) is 3.47. The molecule has 0 saturated carbocycles. The van der Waals surface area contributed by atoms with Gasteiger partial charge in [0.25, 0.3) is 0 Å². The number of morpholine rings is 1. The van der Waals surface area contributed by atoms with Gasteiger partial charge < -0.3 is 20.1 Å². The van der Waals surface area contributed by atoms with Gasteiger partial charge in [-0.05, 0) is 33.6 Å². The summed E-state index contributed by atoms with van der Waals surface area (Å²) in [5.74, 6) is 0.930. The fraction of sp³-hybridized carbons (Fsp3) is 0.889. The van der Waals surface area contributed by atoms with E-state index in [0.29, 0.717) is 18.4 Å². The van der Waals surface area contributed by atoms with E-state index in [9.17, 15) is 4.79 Å². The van der Waals surface area contributed by atoms with E-state index >= 15 is 0 Å². The van der Waals surface area contributed by atoms with Crippen LogP contribution in [-0.2, 0) is 14.3 Å². The number of hydrogen-bond donors (Lipinski definition) is 2. The van der Waals surface area contributed by atoms with Crippen molar-refractivity contribution in [1.82, 2.24) is 15.5 Å². The lowest BCUT2D eigenvalue weighted by molar-refractivity contribution is -0.152. The minimum Gasteiger partial charge on any atom is -0.459 e. The normalized spacial score (nSPS) is 19.8. The van der Waals surface area contributed by atoms with Crippen molar-refractivity contribution in [1.29, 1.82) is 0 Å². The Kier molecular flexibility index (Phi) is 9.21. The quantitative estimate of drug-likeness (QED) is 0.406. The second-order valence-electron chi connectivity index (χ2n) is 7.81. The molecule has 1 unspecified atom stereocenters. The van der Waals surface area contributed by atoms with Gasteiger partial charge in [-0.15, -0.1) is 0 Å². The van der Waals surface area contributed by atoms with Crippen molar-refractivity contribution >= 4 is 11.9 Å². The summed E-state index contributed by atoms with van der Waals surface area (Å²) >= 11 is 0. The van der Waals surface area contributed by atoms with E-state index in [1.807, 2.05) is 27.7 Å². The molecule has 2 N–H and O–H groups in total. The molecular weight excluding hydrogens is 320 g/mol. The zero-order valence-electron chi connectivity index (χ0n) is 16.7. The maximum atomic E-state index is 11.8. The predicted molar refractivity (Wildman–Crippen MR) is 101 cm³/mol. The van der Waals surface area contributed by atoms with Crippen LogP contribution in [0.15, 0.2) is 4.99 Å². The summed E-state index contributed by atoms with van der Waals surface area (Å²) in [6, 6.07) is 0. The number of aliphatic imine (C=N–C) groups is 1. The largest absolute Gasteiger partial charge is 0.459 e. The smallest absolute Gasteiger partial charge is 0.328 e. The maximum Gasteiger partial charge on any atom is 0.328 e. The van der Waals surface area contributed by atoms with Crippen molar-refractivity contribution in [2.24, 2.45) is 10.9 Å². The molecule has 7 nitrogen and oxygen atoms in total. The molecule has 1 rings (SSSR count). The molecule has 0 radical (unpaired) electrons. The Hall–Kier alpha value is -1.34. The highest BCUT2D eigenvalue weighted by Crippen LogP contribution is 2.08. The zero-order valence-corrected chi connectivity index (χ0v) is 16.7. The molecule has 1 aliphatic heterocycles. The molecule has 0 aromatic heterocycles. The fourth-order valence-corrected chi connectivity index (χ4v) is 2.66. The summed E-state index contributed by atoms with van der Waals surface area (Å²) in [6.07, 6.45) is 0.123. The van der Waals surface area contributed by atoms with E-state index in [1.165, 1.54) is 0 Å². The SMILES string of the molecule is CCNC(=NCC(=O)OC(C)(C)C)NCC1CN(CC(C)C)CCO1. The third-order valence-corrected chi connectivity index (χ3v) is 3.47. The highest BCUT2D eigenvalue weighted by atomic mass is 16.6. The molecule has 0 aliphatic carbocycles. The van der Waals surface area contributed by atoms with Crippen LogP contribution < -0.4 is 10.6 Å². The number of hydrogen-bond acceptors (Lipinski definition) is 5. The first-order valence-electron chi connectivity index (χ1n) is 9.27. The number of esters is 1. The van der Waals surface area contributed by atoms with Crippen LogP contribution in [0.1, 0.15) is 41.5 Å². The minimum atomic E-state index is -0.492. The summed E-state index contributed by atoms with van der Waals surface area (Å²) in [5.41, 5.74) is -0.492. The van der Waals surface area contributed by atoms with Crippen LogP contribution in [0.25, 0.3) is 0 Å². The first-order chi connectivity index (χ1) is 11.7. The second-order valence-corrected chi connectivity index (χ2v) is 7.81. The number of ether oxygens (including phenoxy) is 2. The molecule has 7 heteroatoms. The first-order valence-corrected chi connectivity index (χ1v) is 9.27. The third kappa shape index (κ3) is 10.3. The first kappa shape index (κ1) is 21.7. The summed E-state index contributed by atoms with van der Waals surface area (Å²) in [6.45, 7) is 17.1. The van der Waals surface area contributed by atoms with Crippen molar-refractivity contribution in [3.63, 3.8) is 0 Å². The lowest BCUT2D eigenvalue weighted by Gasteiger charge is -2.34. The Labute approximate surface area is 152 Å². The molecule has 0 bridgehead atoms. The Bertz CT molecular complexity index is 433. The van der Waals surface area contributed by atoms with Gasteiger partial charge in [0.05, 0.1) is 12.7 Å². The number of carbonyl (C=O) groups is 1. The molecule has 146 valence electrons. The highest BCUT2D eigenvalue weighted by molar-refractivity contribution is 5.83. The molecule has 1 atom stereocenters. The van der Waals surface area contributed by atoms with E-state index in [2.05, 4.69) is 34.4 Å². The molecule has 0 aromatic carbocycles. The van der Waals surface area contributed by atoms with Gasteiger partial charge in [-0.1, -0.05) is 13.8 Å². The molecule has 1 aliphatic rings. The van der Waals surface area contributed by atoms with Gasteiger partial charge in [-0.2, -0.15) is 0 Å². The van der Waals surface area contributed by atoms with Gasteiger partial charge in [0.1, 0.15) is 12.1 Å². The van der Waals surface area contributed by atoms with Crippen LogP contribution in [0.5, 0.6) is 0 Å². The van der Waals surface area contributed by atoms with Crippen LogP contribution in [0.4, 0.5) is 0 Å². The average molecular weight is 357 g/mol. The molecule has 0 aromatic rings. The Morgan fingerprint density at radius 2 is 2.08 bits per heavy atom. The summed E-state index contributed by atoms with van der Waals surface area (Å²) in [5, 5.41) is 6.41. The van der Waals surface area contributed by atoms with Crippen LogP contribution in [0.3, 0.4) is 0 Å². The zero-order chi connectivity index (χ0) is 18.9. The number of guanidine groups is 1. The van der Waals surface area contributed by atoms with Crippen molar-refractivity contribution in [2.45, 2.75) is 53.2 Å². The standard InChI is InChI=1S/C18H36N4O3/c1-7-19-17(21-11-16(23)25-18(4,5)6)20-10-15-13-22(8-9-24-15)12-14(2)3/h14-15H,7-13H2,1-6H3,(H2,19,20,21). The molecule has 0 spiro atoms. The van der Waals surface area contributed by atoms with Crippen molar-refractivity contribution in [3.05, 3.63) is 0 Å². The molecule has 1 fully saturated rings. The average Bonchev–Trinajstić information content (AvgIpc) is 2.48.